The molecule has 0 saturated carbocycles. The number of allylic oxidation sites excluding steroid dienone is 1. The lowest BCUT2D eigenvalue weighted by molar-refractivity contribution is -0.125. The third kappa shape index (κ3) is 2.10. The number of carbonyl (C=O) groups is 1. The van der Waals surface area contributed by atoms with Gasteiger partial charge in [-0.05, 0) is 25.2 Å². The van der Waals surface area contributed by atoms with E-state index in [-0.39, 0.29) is 5.91 Å². The first-order chi connectivity index (χ1) is 5.61. The van der Waals surface area contributed by atoms with Gasteiger partial charge in [-0.3, -0.25) is 4.79 Å². The van der Waals surface area contributed by atoms with E-state index in [2.05, 4.69) is 13.0 Å². The predicted octanol–water partition coefficient (Wildman–Crippen LogP) is 1.82. The zero-order valence-electron chi connectivity index (χ0n) is 8.13. The van der Waals surface area contributed by atoms with E-state index in [0.29, 0.717) is 0 Å². The van der Waals surface area contributed by atoms with Crippen LogP contribution in [0.25, 0.3) is 0 Å². The molecule has 0 aromatic rings. The number of nitrogens with zero attached hydrogens (tertiary/aromatic N) is 1. The monoisotopic (exact) mass is 167 g/mol. The Balaban J connectivity index is 2.59. The van der Waals surface area contributed by atoms with E-state index in [0.717, 1.165) is 30.8 Å². The molecule has 2 heteroatoms. The van der Waals surface area contributed by atoms with Crippen LogP contribution in [0.1, 0.15) is 26.2 Å². The van der Waals surface area contributed by atoms with E-state index in [9.17, 15) is 4.79 Å². The summed E-state index contributed by atoms with van der Waals surface area (Å²) < 4.78 is 0. The second-order valence-electron chi connectivity index (χ2n) is 3.81. The van der Waals surface area contributed by atoms with E-state index in [1.54, 1.807) is 19.0 Å². The van der Waals surface area contributed by atoms with Gasteiger partial charge in [0, 0.05) is 19.7 Å². The van der Waals surface area contributed by atoms with Crippen LogP contribution in [0.2, 0.25) is 0 Å². The first-order valence-corrected chi connectivity index (χ1v) is 4.52. The summed E-state index contributed by atoms with van der Waals surface area (Å²) in [5.41, 5.74) is 0.998. The van der Waals surface area contributed by atoms with E-state index in [1.165, 1.54) is 0 Å². The Bertz CT molecular complexity index is 206. The van der Waals surface area contributed by atoms with Gasteiger partial charge in [0.1, 0.15) is 0 Å². The summed E-state index contributed by atoms with van der Waals surface area (Å²) in [6.45, 7) is 2.23. The van der Waals surface area contributed by atoms with Crippen LogP contribution in [-0.2, 0) is 4.79 Å². The summed E-state index contributed by atoms with van der Waals surface area (Å²) in [6.07, 6.45) is 5.27. The van der Waals surface area contributed by atoms with Crippen LogP contribution >= 0.6 is 0 Å². The summed E-state index contributed by atoms with van der Waals surface area (Å²) in [7, 11) is 3.61. The Labute approximate surface area is 74.2 Å². The van der Waals surface area contributed by atoms with E-state index in [4.69, 9.17) is 0 Å². The predicted molar refractivity (Wildman–Crippen MR) is 49.8 cm³/mol. The van der Waals surface area contributed by atoms with Gasteiger partial charge in [0.05, 0.1) is 0 Å². The lowest BCUT2D eigenvalue weighted by Crippen LogP contribution is -2.25. The maximum atomic E-state index is 11.5. The number of hydrogen-bond acceptors (Lipinski definition) is 1. The summed E-state index contributed by atoms with van der Waals surface area (Å²) in [5.74, 6) is 0.936. The molecule has 0 aliphatic heterocycles. The number of rotatable bonds is 1. The van der Waals surface area contributed by atoms with Gasteiger partial charge in [0.25, 0.3) is 0 Å². The summed E-state index contributed by atoms with van der Waals surface area (Å²) >= 11 is 0. The number of amides is 1. The van der Waals surface area contributed by atoms with Crippen LogP contribution in [-0.4, -0.2) is 24.9 Å². The van der Waals surface area contributed by atoms with Crippen molar-refractivity contribution in [3.63, 3.8) is 0 Å². The average molecular weight is 167 g/mol. The van der Waals surface area contributed by atoms with E-state index >= 15 is 0 Å². The van der Waals surface area contributed by atoms with Gasteiger partial charge in [-0.15, -0.1) is 0 Å². The quantitative estimate of drug-likeness (QED) is 0.583. The minimum absolute atomic E-state index is 0.182. The molecule has 0 saturated heterocycles. The normalized spacial score (nSPS) is 23.2. The molecule has 0 fully saturated rings. The fraction of sp³-hybridized carbons (Fsp3) is 0.700. The maximum absolute atomic E-state index is 11.5. The first-order valence-electron chi connectivity index (χ1n) is 4.52. The van der Waals surface area contributed by atoms with Crippen molar-refractivity contribution in [3.8, 4) is 0 Å². The summed E-state index contributed by atoms with van der Waals surface area (Å²) in [5, 5.41) is 0. The third-order valence-electron chi connectivity index (χ3n) is 2.35. The molecule has 0 spiro atoms. The van der Waals surface area contributed by atoms with Crippen molar-refractivity contribution in [2.24, 2.45) is 5.92 Å². The van der Waals surface area contributed by atoms with Gasteiger partial charge in [-0.1, -0.05) is 13.0 Å². The SMILES string of the molecule is CC1CC=C(C(=O)N(C)C)CC1. The molecule has 1 atom stereocenters. The van der Waals surface area contributed by atoms with Crippen LogP contribution in [0.4, 0.5) is 0 Å². The highest BCUT2D eigenvalue weighted by molar-refractivity contribution is 5.93. The van der Waals surface area contributed by atoms with Crippen LogP contribution in [0.5, 0.6) is 0 Å². The zero-order chi connectivity index (χ0) is 9.14. The van der Waals surface area contributed by atoms with Crippen molar-refractivity contribution >= 4 is 5.91 Å². The molecule has 0 heterocycles. The Morgan fingerprint density at radius 2 is 2.25 bits per heavy atom. The van der Waals surface area contributed by atoms with Crippen LogP contribution in [0, 0.1) is 5.92 Å². The zero-order valence-corrected chi connectivity index (χ0v) is 8.13. The lowest BCUT2D eigenvalue weighted by Gasteiger charge is -2.20. The van der Waals surface area contributed by atoms with Gasteiger partial charge in [-0.25, -0.2) is 0 Å². The van der Waals surface area contributed by atoms with E-state index < -0.39 is 0 Å². The highest BCUT2D eigenvalue weighted by atomic mass is 16.2. The minimum Gasteiger partial charge on any atom is -0.345 e. The van der Waals surface area contributed by atoms with Crippen molar-refractivity contribution in [1.29, 1.82) is 0 Å². The molecule has 0 aromatic carbocycles. The molecule has 0 bridgehead atoms. The molecule has 1 unspecified atom stereocenters. The summed E-state index contributed by atoms with van der Waals surface area (Å²) in [4.78, 5) is 13.1. The molecule has 0 N–H and O–H groups in total. The Morgan fingerprint density at radius 1 is 1.58 bits per heavy atom. The third-order valence-corrected chi connectivity index (χ3v) is 2.35. The molecular weight excluding hydrogens is 150 g/mol. The molecule has 0 radical (unpaired) electrons. The molecule has 1 aliphatic carbocycles. The van der Waals surface area contributed by atoms with Gasteiger partial charge in [0.2, 0.25) is 5.91 Å². The van der Waals surface area contributed by atoms with Crippen molar-refractivity contribution < 1.29 is 4.79 Å². The Hall–Kier alpha value is -0.790. The number of carbonyl (C=O) groups excluding carboxylic acids is 1. The van der Waals surface area contributed by atoms with Crippen molar-refractivity contribution in [2.75, 3.05) is 14.1 Å². The molecule has 1 aliphatic rings. The van der Waals surface area contributed by atoms with Crippen LogP contribution < -0.4 is 0 Å². The van der Waals surface area contributed by atoms with Gasteiger partial charge in [0.15, 0.2) is 0 Å². The standard InChI is InChI=1S/C10H17NO/c1-8-4-6-9(7-5-8)10(12)11(2)3/h6,8H,4-5,7H2,1-3H3. The highest BCUT2D eigenvalue weighted by Gasteiger charge is 2.16. The molecular formula is C10H17NO. The number of hydrogen-bond donors (Lipinski definition) is 0. The topological polar surface area (TPSA) is 20.3 Å². The Kier molecular flexibility index (Phi) is 2.90. The fourth-order valence-corrected chi connectivity index (χ4v) is 1.45. The summed E-state index contributed by atoms with van der Waals surface area (Å²) in [6, 6.07) is 0. The molecule has 1 amide bonds. The molecule has 68 valence electrons. The van der Waals surface area contributed by atoms with E-state index in [1.807, 2.05) is 0 Å². The van der Waals surface area contributed by atoms with Crippen LogP contribution in [0.15, 0.2) is 11.6 Å². The lowest BCUT2D eigenvalue weighted by atomic mass is 9.90. The molecule has 0 aromatic heterocycles. The highest BCUT2D eigenvalue weighted by Crippen LogP contribution is 2.23. The average Bonchev–Trinajstić information content (AvgIpc) is 2.04. The maximum Gasteiger partial charge on any atom is 0.248 e. The second kappa shape index (κ2) is 3.74. The second-order valence-corrected chi connectivity index (χ2v) is 3.81. The largest absolute Gasteiger partial charge is 0.345 e. The smallest absolute Gasteiger partial charge is 0.248 e. The molecule has 2 nitrogen and oxygen atoms in total. The fourth-order valence-electron chi connectivity index (χ4n) is 1.45. The molecule has 1 rings (SSSR count). The molecule has 12 heavy (non-hydrogen) atoms. The first kappa shape index (κ1) is 9.30. The van der Waals surface area contributed by atoms with Crippen molar-refractivity contribution in [1.82, 2.24) is 4.90 Å². The van der Waals surface area contributed by atoms with Gasteiger partial charge in [-0.2, -0.15) is 0 Å². The van der Waals surface area contributed by atoms with Crippen LogP contribution in [0.3, 0.4) is 0 Å². The number of likely N-dealkylation sites (N-methyl/N-ethyl adjacent to an activating group) is 1. The van der Waals surface area contributed by atoms with Gasteiger partial charge >= 0.3 is 0 Å². The Morgan fingerprint density at radius 3 is 2.67 bits per heavy atom. The van der Waals surface area contributed by atoms with Crippen molar-refractivity contribution in [2.45, 2.75) is 26.2 Å². The van der Waals surface area contributed by atoms with Crippen molar-refractivity contribution in [3.05, 3.63) is 11.6 Å². The minimum atomic E-state index is 0.182. The van der Waals surface area contributed by atoms with Gasteiger partial charge < -0.3 is 4.90 Å².